The molecule has 0 unspecified atom stereocenters. The molecule has 0 saturated heterocycles. The Labute approximate surface area is 152 Å². The second-order valence-corrected chi connectivity index (χ2v) is 5.64. The van der Waals surface area contributed by atoms with Crippen molar-refractivity contribution in [1.29, 1.82) is 0 Å². The van der Waals surface area contributed by atoms with Gasteiger partial charge in [-0.2, -0.15) is 4.68 Å². The minimum absolute atomic E-state index is 0.266. The summed E-state index contributed by atoms with van der Waals surface area (Å²) in [4.78, 5) is 9.90. The smallest absolute Gasteiger partial charge is 0.406 e. The van der Waals surface area contributed by atoms with Crippen molar-refractivity contribution in [1.82, 2.24) is 20.2 Å². The molecule has 140 valence electrons. The lowest BCUT2D eigenvalue weighted by atomic mass is 10.3. The molecule has 2 aromatic heterocycles. The molecule has 0 atom stereocenters. The van der Waals surface area contributed by atoms with Gasteiger partial charge in [0.05, 0.1) is 11.8 Å². The number of alkyl halides is 3. The second-order valence-electron chi connectivity index (χ2n) is 4.77. The molecule has 0 aliphatic rings. The lowest BCUT2D eigenvalue weighted by Gasteiger charge is -2.09. The molecule has 0 fully saturated rings. The molecule has 0 N–H and O–H groups in total. The molecular weight excluding hydrogens is 391 g/mol. The monoisotopic (exact) mass is 399 g/mol. The third-order valence-electron chi connectivity index (χ3n) is 2.95. The van der Waals surface area contributed by atoms with Gasteiger partial charge in [-0.05, 0) is 52.2 Å². The summed E-state index contributed by atoms with van der Waals surface area (Å²) in [5, 5.41) is 23.5. The lowest BCUT2D eigenvalue weighted by Crippen LogP contribution is -2.17. The number of hydrogen-bond donors (Lipinski definition) is 0. The Hall–Kier alpha value is -3.35. The molecule has 3 rings (SSSR count). The minimum Gasteiger partial charge on any atom is -0.406 e. The summed E-state index contributed by atoms with van der Waals surface area (Å²) in [7, 11) is 0. The van der Waals surface area contributed by atoms with E-state index in [-0.39, 0.29) is 17.4 Å². The highest BCUT2D eigenvalue weighted by Gasteiger charge is 2.31. The van der Waals surface area contributed by atoms with Crippen LogP contribution in [0.5, 0.6) is 5.75 Å². The van der Waals surface area contributed by atoms with Gasteiger partial charge in [-0.15, -0.1) is 18.3 Å². The van der Waals surface area contributed by atoms with Gasteiger partial charge in [0.2, 0.25) is 5.16 Å². The topological polar surface area (TPSA) is 109 Å². The number of hydrogen-bond acceptors (Lipinski definition) is 8. The van der Waals surface area contributed by atoms with Crippen LogP contribution in [0.25, 0.3) is 11.8 Å². The zero-order valence-electron chi connectivity index (χ0n) is 13.0. The quantitative estimate of drug-likeness (QED) is 0.350. The zero-order chi connectivity index (χ0) is 19.4. The highest BCUT2D eigenvalue weighted by molar-refractivity contribution is 8.02. The number of halogens is 3. The molecule has 27 heavy (non-hydrogen) atoms. The molecule has 0 aliphatic heterocycles. The molecular formula is C14H8F3N5O4S. The summed E-state index contributed by atoms with van der Waals surface area (Å²) in [6.07, 6.45) is -3.29. The van der Waals surface area contributed by atoms with E-state index in [0.717, 1.165) is 23.9 Å². The van der Waals surface area contributed by atoms with E-state index < -0.39 is 11.3 Å². The minimum atomic E-state index is -4.77. The Morgan fingerprint density at radius 2 is 1.96 bits per heavy atom. The Morgan fingerprint density at radius 1 is 1.22 bits per heavy atom. The fraction of sp³-hybridized carbons (Fsp3) is 0.0714. The molecule has 0 radical (unpaired) electrons. The highest BCUT2D eigenvalue weighted by Crippen LogP contribution is 2.26. The Morgan fingerprint density at radius 3 is 2.59 bits per heavy atom. The molecule has 1 aromatic carbocycles. The molecule has 0 spiro atoms. The number of tetrazole rings is 1. The maximum atomic E-state index is 12.2. The Bertz CT molecular complexity index is 968. The number of furan rings is 1. The number of rotatable bonds is 6. The fourth-order valence-electron chi connectivity index (χ4n) is 1.90. The van der Waals surface area contributed by atoms with E-state index in [1.165, 1.54) is 35.0 Å². The molecule has 13 heteroatoms. The van der Waals surface area contributed by atoms with Gasteiger partial charge >= 0.3 is 12.2 Å². The Balaban J connectivity index is 1.70. The standard InChI is InChI=1S/C14H8F3N5O4S/c15-14(16,17)26-11-3-1-9(2-4-11)21-13(18-19-20-21)27-8-7-10-5-6-12(25-10)22(23)24/h1-8H/b8-7+. The zero-order valence-corrected chi connectivity index (χ0v) is 13.8. The lowest BCUT2D eigenvalue weighted by molar-refractivity contribution is -0.402. The third-order valence-corrected chi connectivity index (χ3v) is 3.69. The van der Waals surface area contributed by atoms with Crippen molar-refractivity contribution in [3.8, 4) is 11.4 Å². The largest absolute Gasteiger partial charge is 0.573 e. The van der Waals surface area contributed by atoms with Gasteiger partial charge in [0.15, 0.2) is 0 Å². The van der Waals surface area contributed by atoms with Crippen molar-refractivity contribution in [3.63, 3.8) is 0 Å². The molecule has 2 heterocycles. The van der Waals surface area contributed by atoms with Crippen LogP contribution in [-0.4, -0.2) is 31.5 Å². The number of aromatic nitrogens is 4. The van der Waals surface area contributed by atoms with E-state index in [1.54, 1.807) is 5.41 Å². The van der Waals surface area contributed by atoms with Crippen molar-refractivity contribution in [2.75, 3.05) is 0 Å². The summed E-state index contributed by atoms with van der Waals surface area (Å²) >= 11 is 1.08. The summed E-state index contributed by atoms with van der Waals surface area (Å²) in [6, 6.07) is 7.65. The van der Waals surface area contributed by atoms with Crippen LogP contribution in [0, 0.1) is 10.1 Å². The van der Waals surface area contributed by atoms with Gasteiger partial charge in [-0.25, -0.2) is 0 Å². The average Bonchev–Trinajstić information content (AvgIpc) is 3.24. The maximum absolute atomic E-state index is 12.2. The number of ether oxygens (including phenoxy) is 1. The average molecular weight is 399 g/mol. The van der Waals surface area contributed by atoms with Gasteiger partial charge in [0.25, 0.3) is 0 Å². The third kappa shape index (κ3) is 4.84. The number of benzene rings is 1. The van der Waals surface area contributed by atoms with Gasteiger partial charge in [0, 0.05) is 0 Å². The predicted molar refractivity (Wildman–Crippen MR) is 86.1 cm³/mol. The van der Waals surface area contributed by atoms with Crippen LogP contribution >= 0.6 is 11.8 Å². The summed E-state index contributed by atoms with van der Waals surface area (Å²) in [5.41, 5.74) is 0.416. The molecule has 0 amide bonds. The molecule has 3 aromatic rings. The van der Waals surface area contributed by atoms with Crippen LogP contribution < -0.4 is 4.74 Å². The molecule has 9 nitrogen and oxygen atoms in total. The Kier molecular flexibility index (Phi) is 5.12. The van der Waals surface area contributed by atoms with E-state index in [4.69, 9.17) is 4.42 Å². The van der Waals surface area contributed by atoms with E-state index >= 15 is 0 Å². The SMILES string of the molecule is O=[N+]([O-])c1ccc(/C=C/Sc2nnnn2-c2ccc(OC(F)(F)F)cc2)o1. The van der Waals surface area contributed by atoms with E-state index in [1.807, 2.05) is 0 Å². The van der Waals surface area contributed by atoms with E-state index in [9.17, 15) is 23.3 Å². The van der Waals surface area contributed by atoms with Gasteiger partial charge in [-0.3, -0.25) is 10.1 Å². The first-order chi connectivity index (χ1) is 12.8. The van der Waals surface area contributed by atoms with Gasteiger partial charge in [-0.1, -0.05) is 11.8 Å². The van der Waals surface area contributed by atoms with Crippen molar-refractivity contribution >= 4 is 23.7 Å². The van der Waals surface area contributed by atoms with E-state index in [2.05, 4.69) is 20.3 Å². The van der Waals surface area contributed by atoms with Crippen LogP contribution in [0.2, 0.25) is 0 Å². The highest BCUT2D eigenvalue weighted by atomic mass is 32.2. The van der Waals surface area contributed by atoms with Crippen molar-refractivity contribution in [2.24, 2.45) is 0 Å². The normalized spacial score (nSPS) is 11.8. The van der Waals surface area contributed by atoms with Crippen molar-refractivity contribution in [3.05, 3.63) is 57.7 Å². The molecule has 0 aliphatic carbocycles. The maximum Gasteiger partial charge on any atom is 0.573 e. The summed E-state index contributed by atoms with van der Waals surface area (Å²) < 4.78 is 46.6. The van der Waals surface area contributed by atoms with Crippen LogP contribution in [0.3, 0.4) is 0 Å². The second kappa shape index (κ2) is 7.49. The van der Waals surface area contributed by atoms with Gasteiger partial charge in [0.1, 0.15) is 16.4 Å². The summed E-state index contributed by atoms with van der Waals surface area (Å²) in [5.74, 6) is -0.486. The summed E-state index contributed by atoms with van der Waals surface area (Å²) in [6.45, 7) is 0. The molecule has 0 bridgehead atoms. The predicted octanol–water partition coefficient (Wildman–Crippen LogP) is 3.83. The van der Waals surface area contributed by atoms with Crippen molar-refractivity contribution < 1.29 is 27.2 Å². The van der Waals surface area contributed by atoms with Crippen molar-refractivity contribution in [2.45, 2.75) is 11.5 Å². The van der Waals surface area contributed by atoms with E-state index in [0.29, 0.717) is 10.8 Å². The number of nitro groups is 1. The fourth-order valence-corrected chi connectivity index (χ4v) is 2.54. The number of thioether (sulfide) groups is 1. The van der Waals surface area contributed by atoms with Gasteiger partial charge < -0.3 is 9.15 Å². The van der Waals surface area contributed by atoms with Crippen LogP contribution in [0.15, 0.2) is 51.4 Å². The first-order valence-corrected chi connectivity index (χ1v) is 7.92. The number of nitrogens with zero attached hydrogens (tertiary/aromatic N) is 5. The van der Waals surface area contributed by atoms with Crippen LogP contribution in [-0.2, 0) is 0 Å². The first kappa shape index (κ1) is 18.4. The van der Waals surface area contributed by atoms with Crippen LogP contribution in [0.4, 0.5) is 19.1 Å². The molecule has 0 saturated carbocycles. The first-order valence-electron chi connectivity index (χ1n) is 7.04. The van der Waals surface area contributed by atoms with Crippen LogP contribution in [0.1, 0.15) is 5.76 Å².